The van der Waals surface area contributed by atoms with Gasteiger partial charge in [0.15, 0.2) is 0 Å². The molecule has 18 heavy (non-hydrogen) atoms. The highest BCUT2D eigenvalue weighted by Gasteiger charge is 2.33. The highest BCUT2D eigenvalue weighted by molar-refractivity contribution is 5.66. The highest BCUT2D eigenvalue weighted by Crippen LogP contribution is 2.27. The van der Waals surface area contributed by atoms with Gasteiger partial charge < -0.3 is 14.9 Å². The molecule has 2 unspecified atom stereocenters. The Kier molecular flexibility index (Phi) is 4.97. The van der Waals surface area contributed by atoms with E-state index in [9.17, 15) is 9.90 Å². The van der Waals surface area contributed by atoms with Crippen LogP contribution in [-0.4, -0.2) is 59.0 Å². The van der Waals surface area contributed by atoms with E-state index in [1.807, 2.05) is 0 Å². The molecule has 0 amide bonds. The van der Waals surface area contributed by atoms with Crippen LogP contribution < -0.4 is 0 Å². The van der Waals surface area contributed by atoms with Gasteiger partial charge in [-0.3, -0.25) is 9.69 Å². The number of rotatable bonds is 5. The zero-order valence-corrected chi connectivity index (χ0v) is 10.8. The molecule has 0 aromatic heterocycles. The number of carboxylic acids is 1. The summed E-state index contributed by atoms with van der Waals surface area (Å²) in [5.41, 5.74) is 0. The minimum absolute atomic E-state index is 0.0849. The Bertz CT molecular complexity index is 276. The second-order valence-electron chi connectivity index (χ2n) is 5.32. The van der Waals surface area contributed by atoms with Gasteiger partial charge in [-0.1, -0.05) is 0 Å². The zero-order chi connectivity index (χ0) is 13.0. The maximum atomic E-state index is 10.4. The average molecular weight is 257 g/mol. The molecular formula is C13H23NO4. The number of nitrogens with zero attached hydrogens (tertiary/aromatic N) is 1. The van der Waals surface area contributed by atoms with Gasteiger partial charge in [-0.2, -0.15) is 0 Å². The van der Waals surface area contributed by atoms with Gasteiger partial charge in [0.05, 0.1) is 25.2 Å². The summed E-state index contributed by atoms with van der Waals surface area (Å²) in [6, 6.07) is 0.338. The Hall–Kier alpha value is -0.650. The van der Waals surface area contributed by atoms with E-state index in [1.165, 1.54) is 0 Å². The van der Waals surface area contributed by atoms with Gasteiger partial charge in [-0.25, -0.2) is 0 Å². The normalized spacial score (nSPS) is 30.7. The number of likely N-dealkylation sites (tertiary alicyclic amines) is 1. The van der Waals surface area contributed by atoms with Crippen molar-refractivity contribution in [2.45, 2.75) is 56.8 Å². The van der Waals surface area contributed by atoms with Crippen LogP contribution in [0.5, 0.6) is 0 Å². The number of aliphatic hydroxyl groups is 1. The van der Waals surface area contributed by atoms with Crippen LogP contribution in [0.1, 0.15) is 38.5 Å². The quantitative estimate of drug-likeness (QED) is 0.764. The van der Waals surface area contributed by atoms with Crippen LogP contribution in [0.25, 0.3) is 0 Å². The monoisotopic (exact) mass is 257 g/mol. The van der Waals surface area contributed by atoms with Gasteiger partial charge in [0.2, 0.25) is 0 Å². The number of aliphatic hydroxyl groups excluding tert-OH is 1. The maximum absolute atomic E-state index is 10.4. The van der Waals surface area contributed by atoms with Crippen molar-refractivity contribution in [1.29, 1.82) is 0 Å². The Morgan fingerprint density at radius 3 is 2.50 bits per heavy atom. The van der Waals surface area contributed by atoms with Crippen LogP contribution in [0.3, 0.4) is 0 Å². The van der Waals surface area contributed by atoms with Crippen molar-refractivity contribution in [2.24, 2.45) is 0 Å². The van der Waals surface area contributed by atoms with E-state index in [0.717, 1.165) is 45.2 Å². The second kappa shape index (κ2) is 6.50. The summed E-state index contributed by atoms with van der Waals surface area (Å²) in [7, 11) is 0. The third kappa shape index (κ3) is 3.67. The number of ether oxygens (including phenoxy) is 1. The average Bonchev–Trinajstić information content (AvgIpc) is 2.76. The van der Waals surface area contributed by atoms with Gasteiger partial charge in [0.25, 0.3) is 0 Å². The Balaban J connectivity index is 1.66. The Morgan fingerprint density at radius 2 is 1.94 bits per heavy atom. The van der Waals surface area contributed by atoms with E-state index >= 15 is 0 Å². The molecule has 2 atom stereocenters. The molecule has 5 heteroatoms. The molecule has 1 heterocycles. The number of carboxylic acid groups (broad SMARTS) is 1. The Labute approximate surface area is 108 Å². The fraction of sp³-hybridized carbons (Fsp3) is 0.923. The van der Waals surface area contributed by atoms with Crippen LogP contribution in [0.2, 0.25) is 0 Å². The SMILES string of the molecule is O=C(O)CCOC1CCN(C2CCCC2O)CC1. The molecular weight excluding hydrogens is 234 g/mol. The van der Waals surface area contributed by atoms with Crippen molar-refractivity contribution in [3.8, 4) is 0 Å². The Morgan fingerprint density at radius 1 is 1.22 bits per heavy atom. The minimum atomic E-state index is -0.804. The predicted molar refractivity (Wildman–Crippen MR) is 66.4 cm³/mol. The van der Waals surface area contributed by atoms with Gasteiger partial charge in [0.1, 0.15) is 0 Å². The number of hydrogen-bond donors (Lipinski definition) is 2. The second-order valence-corrected chi connectivity index (χ2v) is 5.32. The summed E-state index contributed by atoms with van der Waals surface area (Å²) in [5, 5.41) is 18.4. The van der Waals surface area contributed by atoms with Crippen molar-refractivity contribution >= 4 is 5.97 Å². The van der Waals surface area contributed by atoms with Crippen molar-refractivity contribution in [3.63, 3.8) is 0 Å². The lowest BCUT2D eigenvalue weighted by Crippen LogP contribution is -2.46. The molecule has 2 fully saturated rings. The van der Waals surface area contributed by atoms with Crippen LogP contribution in [0, 0.1) is 0 Å². The molecule has 1 saturated heterocycles. The molecule has 2 aliphatic rings. The molecule has 0 aromatic rings. The zero-order valence-electron chi connectivity index (χ0n) is 10.8. The summed E-state index contributed by atoms with van der Waals surface area (Å²) >= 11 is 0. The van der Waals surface area contributed by atoms with Crippen LogP contribution in [0.15, 0.2) is 0 Å². The van der Waals surface area contributed by atoms with E-state index in [4.69, 9.17) is 9.84 Å². The highest BCUT2D eigenvalue weighted by atomic mass is 16.5. The molecule has 2 rings (SSSR count). The summed E-state index contributed by atoms with van der Waals surface area (Å²) < 4.78 is 5.56. The lowest BCUT2D eigenvalue weighted by Gasteiger charge is -2.37. The fourth-order valence-corrected chi connectivity index (χ4v) is 3.03. The fourth-order valence-electron chi connectivity index (χ4n) is 3.03. The van der Waals surface area contributed by atoms with E-state index in [0.29, 0.717) is 12.6 Å². The molecule has 0 radical (unpaired) electrons. The first-order chi connectivity index (χ1) is 8.66. The minimum Gasteiger partial charge on any atom is -0.481 e. The number of aliphatic carboxylic acids is 1. The van der Waals surface area contributed by atoms with Crippen LogP contribution in [0.4, 0.5) is 0 Å². The van der Waals surface area contributed by atoms with Crippen LogP contribution in [-0.2, 0) is 9.53 Å². The summed E-state index contributed by atoms with van der Waals surface area (Å²) in [6.07, 6.45) is 5.17. The van der Waals surface area contributed by atoms with Gasteiger partial charge in [0, 0.05) is 19.1 Å². The molecule has 0 bridgehead atoms. The van der Waals surface area contributed by atoms with Crippen molar-refractivity contribution in [2.75, 3.05) is 19.7 Å². The first kappa shape index (κ1) is 13.8. The van der Waals surface area contributed by atoms with Crippen molar-refractivity contribution in [1.82, 2.24) is 4.90 Å². The lowest BCUT2D eigenvalue weighted by atomic mass is 10.0. The van der Waals surface area contributed by atoms with Gasteiger partial charge in [-0.15, -0.1) is 0 Å². The third-order valence-electron chi connectivity index (χ3n) is 4.06. The predicted octanol–water partition coefficient (Wildman–Crippen LogP) is 0.855. The smallest absolute Gasteiger partial charge is 0.305 e. The summed E-state index contributed by atoms with van der Waals surface area (Å²) in [4.78, 5) is 12.8. The van der Waals surface area contributed by atoms with Crippen molar-refractivity contribution < 1.29 is 19.7 Å². The van der Waals surface area contributed by atoms with E-state index in [-0.39, 0.29) is 18.6 Å². The third-order valence-corrected chi connectivity index (χ3v) is 4.06. The van der Waals surface area contributed by atoms with E-state index < -0.39 is 5.97 Å². The molecule has 5 nitrogen and oxygen atoms in total. The topological polar surface area (TPSA) is 70.0 Å². The molecule has 2 N–H and O–H groups in total. The van der Waals surface area contributed by atoms with Gasteiger partial charge >= 0.3 is 5.97 Å². The molecule has 1 saturated carbocycles. The largest absolute Gasteiger partial charge is 0.481 e. The first-order valence-electron chi connectivity index (χ1n) is 6.92. The lowest BCUT2D eigenvalue weighted by molar-refractivity contribution is -0.139. The number of hydrogen-bond acceptors (Lipinski definition) is 4. The van der Waals surface area contributed by atoms with Gasteiger partial charge in [-0.05, 0) is 32.1 Å². The van der Waals surface area contributed by atoms with Crippen LogP contribution >= 0.6 is 0 Å². The van der Waals surface area contributed by atoms with E-state index in [2.05, 4.69) is 4.90 Å². The molecule has 0 aromatic carbocycles. The van der Waals surface area contributed by atoms with E-state index in [1.54, 1.807) is 0 Å². The first-order valence-corrected chi connectivity index (χ1v) is 6.92. The molecule has 1 aliphatic carbocycles. The maximum Gasteiger partial charge on any atom is 0.305 e. The standard InChI is InChI=1S/C13H23NO4/c15-12-3-1-2-11(12)14-7-4-10(5-8-14)18-9-6-13(16)17/h10-12,15H,1-9H2,(H,16,17). The summed E-state index contributed by atoms with van der Waals surface area (Å²) in [5.74, 6) is -0.804. The summed E-state index contributed by atoms with van der Waals surface area (Å²) in [6.45, 7) is 2.23. The number of carbonyl (C=O) groups is 1. The molecule has 104 valence electrons. The molecule has 1 aliphatic heterocycles. The number of piperidine rings is 1. The molecule has 0 spiro atoms. The van der Waals surface area contributed by atoms with Crippen molar-refractivity contribution in [3.05, 3.63) is 0 Å².